The van der Waals surface area contributed by atoms with Crippen LogP contribution in [0.15, 0.2) is 66.9 Å². The zero-order chi connectivity index (χ0) is 22.8. The van der Waals surface area contributed by atoms with Crippen LogP contribution in [0.5, 0.6) is 5.75 Å². The highest BCUT2D eigenvalue weighted by Gasteiger charge is 2.33. The molecule has 3 aromatic rings. The lowest BCUT2D eigenvalue weighted by Gasteiger charge is -2.38. The maximum absolute atomic E-state index is 11.1. The zero-order valence-electron chi connectivity index (χ0n) is 18.3. The van der Waals surface area contributed by atoms with Gasteiger partial charge < -0.3 is 14.7 Å². The molecule has 1 N–H and O–H groups in total. The van der Waals surface area contributed by atoms with Gasteiger partial charge in [-0.05, 0) is 66.8 Å². The molecule has 0 amide bonds. The van der Waals surface area contributed by atoms with Crippen molar-refractivity contribution >= 4 is 28.8 Å². The molecule has 33 heavy (non-hydrogen) atoms. The summed E-state index contributed by atoms with van der Waals surface area (Å²) >= 11 is 12.3. The van der Waals surface area contributed by atoms with Crippen LogP contribution in [0.1, 0.15) is 41.6 Å². The molecule has 0 atom stereocenters. The second-order valence-electron chi connectivity index (χ2n) is 8.71. The third-order valence-corrected chi connectivity index (χ3v) is 7.12. The van der Waals surface area contributed by atoms with Gasteiger partial charge in [-0.1, -0.05) is 47.5 Å². The first-order valence-electron chi connectivity index (χ1n) is 11.3. The SMILES string of the molecule is OC1(c2ccc(Cl)cc2)CCN(CC/C=C2/c3cc(Cl)ccc3OCc3ncccc32)CC1. The van der Waals surface area contributed by atoms with E-state index in [-0.39, 0.29) is 0 Å². The molecule has 1 aromatic heterocycles. The van der Waals surface area contributed by atoms with Gasteiger partial charge in [0.15, 0.2) is 0 Å². The second-order valence-corrected chi connectivity index (χ2v) is 9.59. The molecule has 4 nitrogen and oxygen atoms in total. The van der Waals surface area contributed by atoms with Crippen LogP contribution in [-0.2, 0) is 12.2 Å². The predicted molar refractivity (Wildman–Crippen MR) is 133 cm³/mol. The van der Waals surface area contributed by atoms with Crippen LogP contribution < -0.4 is 4.74 Å². The zero-order valence-corrected chi connectivity index (χ0v) is 19.8. The molecule has 2 aliphatic rings. The van der Waals surface area contributed by atoms with Crippen molar-refractivity contribution in [3.63, 3.8) is 0 Å². The van der Waals surface area contributed by atoms with Crippen LogP contribution in [0.2, 0.25) is 10.0 Å². The van der Waals surface area contributed by atoms with E-state index < -0.39 is 5.60 Å². The Labute approximate surface area is 204 Å². The van der Waals surface area contributed by atoms with Crippen LogP contribution in [0.3, 0.4) is 0 Å². The van der Waals surface area contributed by atoms with Gasteiger partial charge in [-0.25, -0.2) is 0 Å². The summed E-state index contributed by atoms with van der Waals surface area (Å²) in [7, 11) is 0. The van der Waals surface area contributed by atoms with Crippen molar-refractivity contribution in [1.29, 1.82) is 0 Å². The number of pyridine rings is 1. The molecule has 0 saturated carbocycles. The summed E-state index contributed by atoms with van der Waals surface area (Å²) in [6.07, 6.45) is 6.38. The number of likely N-dealkylation sites (tertiary alicyclic amines) is 1. The van der Waals surface area contributed by atoms with E-state index in [1.54, 1.807) is 6.20 Å². The van der Waals surface area contributed by atoms with E-state index in [1.807, 2.05) is 48.5 Å². The van der Waals surface area contributed by atoms with Gasteiger partial charge in [0.05, 0.1) is 11.3 Å². The number of piperidine rings is 1. The summed E-state index contributed by atoms with van der Waals surface area (Å²) in [5.74, 6) is 0.828. The van der Waals surface area contributed by atoms with Gasteiger partial charge in [0, 0.05) is 47.0 Å². The minimum absolute atomic E-state index is 0.442. The third-order valence-electron chi connectivity index (χ3n) is 6.64. The number of aliphatic hydroxyl groups is 1. The molecular formula is C27H26Cl2N2O2. The van der Waals surface area contributed by atoms with E-state index in [1.165, 1.54) is 0 Å². The number of fused-ring (bicyclic) bond motifs is 2. The molecule has 3 heterocycles. The van der Waals surface area contributed by atoms with Crippen LogP contribution in [0, 0.1) is 0 Å². The average molecular weight is 481 g/mol. The molecule has 2 aromatic carbocycles. The molecule has 6 heteroatoms. The number of ether oxygens (including phenoxy) is 1. The molecule has 0 spiro atoms. The molecule has 2 aliphatic heterocycles. The fourth-order valence-electron chi connectivity index (χ4n) is 4.73. The number of aromatic nitrogens is 1. The van der Waals surface area contributed by atoms with Gasteiger partial charge in [-0.3, -0.25) is 4.98 Å². The summed E-state index contributed by atoms with van der Waals surface area (Å²) in [4.78, 5) is 6.95. The first-order chi connectivity index (χ1) is 16.0. The predicted octanol–water partition coefficient (Wildman–Crippen LogP) is 6.09. The molecule has 5 rings (SSSR count). The standard InChI is InChI=1S/C27H26Cl2N2O2/c28-20-7-5-19(6-8-20)27(32)11-15-31(16-12-27)14-2-4-22-23-3-1-13-30-25(23)18-33-26-10-9-21(29)17-24(22)26/h1,3-10,13,17,32H,2,11-12,14-16,18H2/b22-4+. The lowest BCUT2D eigenvalue weighted by atomic mass is 9.84. The fraction of sp³-hybridized carbons (Fsp3) is 0.296. The molecule has 0 radical (unpaired) electrons. The van der Waals surface area contributed by atoms with Crippen molar-refractivity contribution in [2.24, 2.45) is 0 Å². The number of hydrogen-bond donors (Lipinski definition) is 1. The molecule has 0 aliphatic carbocycles. The summed E-state index contributed by atoms with van der Waals surface area (Å²) < 4.78 is 6.02. The highest BCUT2D eigenvalue weighted by Crippen LogP contribution is 2.38. The van der Waals surface area contributed by atoms with E-state index in [0.29, 0.717) is 29.5 Å². The Bertz CT molecular complexity index is 1170. The third kappa shape index (κ3) is 4.80. The van der Waals surface area contributed by atoms with E-state index in [9.17, 15) is 5.11 Å². The Kier molecular flexibility index (Phi) is 6.44. The molecular weight excluding hydrogens is 455 g/mol. The Morgan fingerprint density at radius 3 is 2.55 bits per heavy atom. The van der Waals surface area contributed by atoms with Crippen molar-refractivity contribution in [1.82, 2.24) is 9.88 Å². The maximum Gasteiger partial charge on any atom is 0.131 e. The van der Waals surface area contributed by atoms with E-state index in [2.05, 4.69) is 22.0 Å². The van der Waals surface area contributed by atoms with Crippen molar-refractivity contribution in [3.05, 3.63) is 99.3 Å². The van der Waals surface area contributed by atoms with Crippen molar-refractivity contribution < 1.29 is 9.84 Å². The molecule has 1 fully saturated rings. The number of hydrogen-bond acceptors (Lipinski definition) is 4. The van der Waals surface area contributed by atoms with Crippen LogP contribution in [-0.4, -0.2) is 34.6 Å². The minimum Gasteiger partial charge on any atom is -0.487 e. The number of nitrogens with zero attached hydrogens (tertiary/aromatic N) is 2. The van der Waals surface area contributed by atoms with E-state index >= 15 is 0 Å². The van der Waals surface area contributed by atoms with Crippen LogP contribution in [0.4, 0.5) is 0 Å². The quantitative estimate of drug-likeness (QED) is 0.490. The first kappa shape index (κ1) is 22.4. The smallest absolute Gasteiger partial charge is 0.131 e. The van der Waals surface area contributed by atoms with Crippen molar-refractivity contribution in [2.45, 2.75) is 31.5 Å². The lowest BCUT2D eigenvalue weighted by molar-refractivity contribution is -0.0254. The summed E-state index contributed by atoms with van der Waals surface area (Å²) in [6.45, 7) is 3.07. The Balaban J connectivity index is 1.30. The first-order valence-corrected chi connectivity index (χ1v) is 12.1. The van der Waals surface area contributed by atoms with Crippen LogP contribution >= 0.6 is 23.2 Å². The number of rotatable bonds is 4. The second kappa shape index (κ2) is 9.47. The van der Waals surface area contributed by atoms with Gasteiger partial charge in [-0.15, -0.1) is 0 Å². The Morgan fingerprint density at radius 1 is 1.00 bits per heavy atom. The molecule has 170 valence electrons. The highest BCUT2D eigenvalue weighted by molar-refractivity contribution is 6.31. The number of benzene rings is 2. The topological polar surface area (TPSA) is 45.6 Å². The summed E-state index contributed by atoms with van der Waals surface area (Å²) in [6, 6.07) is 17.4. The molecule has 0 bridgehead atoms. The van der Waals surface area contributed by atoms with Crippen LogP contribution in [0.25, 0.3) is 5.57 Å². The largest absolute Gasteiger partial charge is 0.487 e. The Morgan fingerprint density at radius 2 is 1.76 bits per heavy atom. The van der Waals surface area contributed by atoms with Gasteiger partial charge in [-0.2, -0.15) is 0 Å². The number of halogens is 2. The Hall–Kier alpha value is -2.37. The fourth-order valence-corrected chi connectivity index (χ4v) is 5.03. The maximum atomic E-state index is 11.1. The van der Waals surface area contributed by atoms with Crippen molar-refractivity contribution in [2.75, 3.05) is 19.6 Å². The van der Waals surface area contributed by atoms with Gasteiger partial charge in [0.2, 0.25) is 0 Å². The normalized spacial score (nSPS) is 18.8. The minimum atomic E-state index is -0.779. The van der Waals surface area contributed by atoms with Gasteiger partial charge >= 0.3 is 0 Å². The van der Waals surface area contributed by atoms with Crippen molar-refractivity contribution in [3.8, 4) is 5.75 Å². The average Bonchev–Trinajstić information content (AvgIpc) is 2.98. The summed E-state index contributed by atoms with van der Waals surface area (Å²) in [5.41, 5.74) is 4.31. The van der Waals surface area contributed by atoms with Gasteiger partial charge in [0.1, 0.15) is 12.4 Å². The van der Waals surface area contributed by atoms with E-state index in [4.69, 9.17) is 27.9 Å². The van der Waals surface area contributed by atoms with Gasteiger partial charge in [0.25, 0.3) is 0 Å². The summed E-state index contributed by atoms with van der Waals surface area (Å²) in [5, 5.41) is 12.5. The molecule has 0 unspecified atom stereocenters. The monoisotopic (exact) mass is 480 g/mol. The molecule has 1 saturated heterocycles. The van der Waals surface area contributed by atoms with E-state index in [0.717, 1.165) is 59.8 Å². The lowest BCUT2D eigenvalue weighted by Crippen LogP contribution is -2.42. The highest BCUT2D eigenvalue weighted by atomic mass is 35.5.